The summed E-state index contributed by atoms with van der Waals surface area (Å²) in [5.74, 6) is 0. The average molecular weight is 204 g/mol. The van der Waals surface area contributed by atoms with E-state index in [9.17, 15) is 0 Å². The van der Waals surface area contributed by atoms with Crippen LogP contribution in [0.15, 0.2) is 0 Å². The summed E-state index contributed by atoms with van der Waals surface area (Å²) in [4.78, 5) is 25.6. The first-order chi connectivity index (χ1) is 3.91. The third kappa shape index (κ3) is 179. The van der Waals surface area contributed by atoms with E-state index in [0.29, 0.717) is 0 Å². The Bertz CT molecular complexity index is 81.0. The second-order valence-electron chi connectivity index (χ2n) is 1.45. The molecule has 0 aromatic carbocycles. The van der Waals surface area contributed by atoms with Gasteiger partial charge in [-0.3, -0.25) is 0 Å². The largest absolute Gasteiger partial charge is 0.822 e. The van der Waals surface area contributed by atoms with E-state index >= 15 is 0 Å². The van der Waals surface area contributed by atoms with Gasteiger partial charge in [-0.1, -0.05) is 26.7 Å². The molecule has 0 aromatic rings. The predicted octanol–water partition coefficient (Wildman–Crippen LogP) is -1.02. The average Bonchev–Trinajstić information content (AvgIpc) is 1.61. The van der Waals surface area contributed by atoms with E-state index in [1.54, 1.807) is 0 Å². The van der Waals surface area contributed by atoms with Crippen LogP contribution in [0, 0.1) is 0 Å². The van der Waals surface area contributed by atoms with E-state index in [1.807, 2.05) is 0 Å². The van der Waals surface area contributed by atoms with Gasteiger partial charge in [0.15, 0.2) is 0 Å². The first-order valence-electron chi connectivity index (χ1n) is 2.64. The Morgan fingerprint density at radius 3 is 1.20 bits per heavy atom. The molecule has 0 unspecified atom stereocenters. The molecular formula is C4H10O4PV-3. The number of rotatable bonds is 1. The third-order valence-electron chi connectivity index (χ3n) is 0.500. The van der Waals surface area contributed by atoms with Crippen molar-refractivity contribution in [2.24, 2.45) is 0 Å². The van der Waals surface area contributed by atoms with Gasteiger partial charge in [-0.25, -0.2) is 0 Å². The predicted molar refractivity (Wildman–Crippen MR) is 28.2 cm³/mol. The molecule has 0 spiro atoms. The van der Waals surface area contributed by atoms with E-state index < -0.39 is 7.82 Å². The number of hydrogen-bond donors (Lipinski definition) is 0. The summed E-state index contributed by atoms with van der Waals surface area (Å²) in [6.07, 6.45) is 2.64. The SMILES string of the molecule is CCCC.O=P([O-])([O-])[O-].[V]. The van der Waals surface area contributed by atoms with E-state index in [1.165, 1.54) is 12.8 Å². The quantitative estimate of drug-likeness (QED) is 0.511. The van der Waals surface area contributed by atoms with E-state index in [0.717, 1.165) is 0 Å². The number of phosphoric acid groups is 1. The normalized spacial score (nSPS) is 8.90. The molecule has 0 aliphatic rings. The molecule has 1 radical (unpaired) electrons. The van der Waals surface area contributed by atoms with Crippen LogP contribution >= 0.6 is 7.82 Å². The van der Waals surface area contributed by atoms with Gasteiger partial charge in [-0.15, -0.1) is 0 Å². The number of unbranched alkanes of at least 4 members (excludes halogenated alkanes) is 1. The van der Waals surface area contributed by atoms with Crippen molar-refractivity contribution in [1.82, 2.24) is 0 Å². The second-order valence-corrected chi connectivity index (χ2v) is 2.34. The van der Waals surface area contributed by atoms with Crippen LogP contribution < -0.4 is 14.7 Å². The van der Waals surface area contributed by atoms with Gasteiger partial charge in [-0.05, 0) is 0 Å². The molecule has 6 heteroatoms. The fraction of sp³-hybridized carbons (Fsp3) is 1.00. The van der Waals surface area contributed by atoms with Crippen molar-refractivity contribution in [2.75, 3.05) is 0 Å². The molecule has 0 aliphatic heterocycles. The molecule has 0 saturated heterocycles. The maximum Gasteiger partial charge on any atom is 0 e. The minimum absolute atomic E-state index is 0. The summed E-state index contributed by atoms with van der Waals surface area (Å²) in [6, 6.07) is 0. The minimum Gasteiger partial charge on any atom is -0.822 e. The zero-order valence-electron chi connectivity index (χ0n) is 5.94. The summed E-state index contributed by atoms with van der Waals surface area (Å²) in [7, 11) is -5.39. The molecular weight excluding hydrogens is 194 g/mol. The van der Waals surface area contributed by atoms with Gasteiger partial charge < -0.3 is 19.2 Å². The van der Waals surface area contributed by atoms with E-state index in [2.05, 4.69) is 13.8 Å². The van der Waals surface area contributed by atoms with Gasteiger partial charge >= 0.3 is 0 Å². The summed E-state index contributed by atoms with van der Waals surface area (Å²) in [5, 5.41) is 0. The van der Waals surface area contributed by atoms with Gasteiger partial charge in [0, 0.05) is 18.6 Å². The molecule has 0 saturated carbocycles. The Kier molecular flexibility index (Phi) is 16.5. The van der Waals surface area contributed by atoms with Crippen molar-refractivity contribution >= 4 is 7.82 Å². The minimum atomic E-state index is -5.39. The van der Waals surface area contributed by atoms with Gasteiger partial charge in [0.2, 0.25) is 0 Å². The molecule has 0 atom stereocenters. The zero-order valence-corrected chi connectivity index (χ0v) is 8.23. The topological polar surface area (TPSA) is 86.2 Å². The summed E-state index contributed by atoms with van der Waals surface area (Å²) < 4.78 is 8.55. The van der Waals surface area contributed by atoms with Crippen LogP contribution in [0.25, 0.3) is 0 Å². The van der Waals surface area contributed by atoms with E-state index in [4.69, 9.17) is 19.2 Å². The van der Waals surface area contributed by atoms with Gasteiger partial charge in [-0.2, -0.15) is 7.82 Å². The molecule has 0 heterocycles. The fourth-order valence-corrected chi connectivity index (χ4v) is 0. The Balaban J connectivity index is -0.0000000910. The van der Waals surface area contributed by atoms with Crippen molar-refractivity contribution in [1.29, 1.82) is 0 Å². The van der Waals surface area contributed by atoms with Crippen molar-refractivity contribution in [3.05, 3.63) is 0 Å². The molecule has 0 bridgehead atoms. The molecule has 10 heavy (non-hydrogen) atoms. The smallest absolute Gasteiger partial charge is 0 e. The van der Waals surface area contributed by atoms with Gasteiger partial charge in [0.05, 0.1) is 0 Å². The molecule has 63 valence electrons. The molecule has 0 aliphatic carbocycles. The Hall–Kier alpha value is 0.694. The van der Waals surface area contributed by atoms with Crippen molar-refractivity contribution in [3.8, 4) is 0 Å². The van der Waals surface area contributed by atoms with Crippen LogP contribution in [0.1, 0.15) is 26.7 Å². The van der Waals surface area contributed by atoms with Crippen LogP contribution in [0.4, 0.5) is 0 Å². The van der Waals surface area contributed by atoms with Crippen molar-refractivity contribution in [3.63, 3.8) is 0 Å². The Labute approximate surface area is 72.8 Å². The van der Waals surface area contributed by atoms with Crippen molar-refractivity contribution in [2.45, 2.75) is 26.7 Å². The van der Waals surface area contributed by atoms with Crippen LogP contribution in [-0.4, -0.2) is 0 Å². The monoisotopic (exact) mass is 204 g/mol. The van der Waals surface area contributed by atoms with Crippen LogP contribution in [0.5, 0.6) is 0 Å². The molecule has 0 N–H and O–H groups in total. The Morgan fingerprint density at radius 1 is 1.10 bits per heavy atom. The number of hydrogen-bond acceptors (Lipinski definition) is 4. The van der Waals surface area contributed by atoms with Crippen LogP contribution in [0.3, 0.4) is 0 Å². The van der Waals surface area contributed by atoms with Crippen LogP contribution in [0.2, 0.25) is 0 Å². The maximum atomic E-state index is 8.55. The summed E-state index contributed by atoms with van der Waals surface area (Å²) in [6.45, 7) is 4.36. The third-order valence-corrected chi connectivity index (χ3v) is 0.500. The van der Waals surface area contributed by atoms with E-state index in [-0.39, 0.29) is 18.6 Å². The molecule has 0 fully saturated rings. The maximum absolute atomic E-state index is 8.55. The van der Waals surface area contributed by atoms with Gasteiger partial charge in [0.25, 0.3) is 0 Å². The molecule has 0 rings (SSSR count). The fourth-order valence-electron chi connectivity index (χ4n) is 0. The summed E-state index contributed by atoms with van der Waals surface area (Å²) in [5.41, 5.74) is 0. The standard InChI is InChI=1S/C4H10.H3O4P.V/c1-3-4-2;1-5(2,3)4;/h3-4H2,1-2H3;(H3,1,2,3,4);/p-3. The first-order valence-corrected chi connectivity index (χ1v) is 4.11. The molecule has 4 nitrogen and oxygen atoms in total. The first kappa shape index (κ1) is 17.0. The summed E-state index contributed by atoms with van der Waals surface area (Å²) >= 11 is 0. The second kappa shape index (κ2) is 9.69. The van der Waals surface area contributed by atoms with Gasteiger partial charge in [0.1, 0.15) is 0 Å². The van der Waals surface area contributed by atoms with Crippen molar-refractivity contribution < 1.29 is 37.8 Å². The van der Waals surface area contributed by atoms with Crippen LogP contribution in [-0.2, 0) is 23.1 Å². The molecule has 0 amide bonds. The molecule has 0 aromatic heterocycles. The Morgan fingerprint density at radius 2 is 1.20 bits per heavy atom. The zero-order chi connectivity index (χ0) is 7.91.